The highest BCUT2D eigenvalue weighted by Crippen LogP contribution is 2.24. The predicted octanol–water partition coefficient (Wildman–Crippen LogP) is 3.55. The summed E-state index contributed by atoms with van der Waals surface area (Å²) in [4.78, 5) is 14.6. The number of hydrogen-bond acceptors (Lipinski definition) is 4. The summed E-state index contributed by atoms with van der Waals surface area (Å²) in [6.07, 6.45) is 2.60. The number of ether oxygens (including phenoxy) is 1. The molecule has 30 heavy (non-hydrogen) atoms. The fourth-order valence-electron chi connectivity index (χ4n) is 4.15. The Hall–Kier alpha value is -2.16. The number of amides is 2. The average Bonchev–Trinajstić information content (AvgIpc) is 3.09. The molecule has 0 saturated carbocycles. The number of aryl methyl sites for hydroxylation is 1. The third-order valence-corrected chi connectivity index (χ3v) is 5.99. The molecule has 0 spiro atoms. The van der Waals surface area contributed by atoms with E-state index in [1.807, 2.05) is 0 Å². The van der Waals surface area contributed by atoms with Gasteiger partial charge in [0, 0.05) is 54.9 Å². The van der Waals surface area contributed by atoms with E-state index in [1.165, 1.54) is 23.4 Å². The topological polar surface area (TPSA) is 71.4 Å². The second kappa shape index (κ2) is 9.32. The normalized spacial score (nSPS) is 17.6. The highest BCUT2D eigenvalue weighted by molar-refractivity contribution is 6.30. The zero-order valence-electron chi connectivity index (χ0n) is 17.1. The maximum Gasteiger partial charge on any atom is 0.319 e. The second-order valence-corrected chi connectivity index (χ2v) is 8.20. The Morgan fingerprint density at radius 3 is 2.90 bits per heavy atom. The van der Waals surface area contributed by atoms with Gasteiger partial charge in [-0.15, -0.1) is 0 Å². The zero-order chi connectivity index (χ0) is 21.1. The molecule has 2 N–H and O–H groups in total. The number of anilines is 1. The molecule has 2 amide bonds. The van der Waals surface area contributed by atoms with Gasteiger partial charge in [-0.25, -0.2) is 9.18 Å². The molecule has 0 unspecified atom stereocenters. The SMILES string of the molecule is CCn1nc(CN2CCC(NC(=O)Nc3ccc(Cl)cc3F)CC2)c2c1CCOC2. The molecule has 2 aliphatic heterocycles. The van der Waals surface area contributed by atoms with E-state index in [4.69, 9.17) is 21.4 Å². The van der Waals surface area contributed by atoms with E-state index in [1.54, 1.807) is 6.07 Å². The third kappa shape index (κ3) is 4.77. The van der Waals surface area contributed by atoms with Crippen molar-refractivity contribution < 1.29 is 13.9 Å². The number of hydrogen-bond donors (Lipinski definition) is 2. The summed E-state index contributed by atoms with van der Waals surface area (Å²) in [5.41, 5.74) is 3.77. The summed E-state index contributed by atoms with van der Waals surface area (Å²) in [6.45, 7) is 6.93. The lowest BCUT2D eigenvalue weighted by molar-refractivity contribution is 0.107. The van der Waals surface area contributed by atoms with Gasteiger partial charge in [-0.3, -0.25) is 9.58 Å². The summed E-state index contributed by atoms with van der Waals surface area (Å²) in [5, 5.41) is 10.6. The van der Waals surface area contributed by atoms with E-state index in [-0.39, 0.29) is 11.7 Å². The second-order valence-electron chi connectivity index (χ2n) is 7.76. The molecule has 4 rings (SSSR count). The summed E-state index contributed by atoms with van der Waals surface area (Å²) in [5.74, 6) is -0.550. The van der Waals surface area contributed by atoms with Crippen molar-refractivity contribution in [1.82, 2.24) is 20.0 Å². The molecular weight excluding hydrogens is 409 g/mol. The molecule has 3 heterocycles. The Bertz CT molecular complexity index is 911. The summed E-state index contributed by atoms with van der Waals surface area (Å²) < 4.78 is 21.6. The van der Waals surface area contributed by atoms with Crippen molar-refractivity contribution in [2.24, 2.45) is 0 Å². The Morgan fingerprint density at radius 1 is 1.37 bits per heavy atom. The van der Waals surface area contributed by atoms with Crippen molar-refractivity contribution in [3.8, 4) is 0 Å². The van der Waals surface area contributed by atoms with E-state index in [9.17, 15) is 9.18 Å². The smallest absolute Gasteiger partial charge is 0.319 e. The number of benzene rings is 1. The van der Waals surface area contributed by atoms with Crippen LogP contribution in [0, 0.1) is 5.82 Å². The molecule has 1 aromatic carbocycles. The van der Waals surface area contributed by atoms with Crippen molar-refractivity contribution in [2.45, 2.75) is 51.9 Å². The fraction of sp³-hybridized carbons (Fsp3) is 0.524. The standard InChI is InChI=1S/C21H27ClFN5O2/c1-2-28-20-7-10-30-13-16(20)19(26-28)12-27-8-5-15(6-9-27)24-21(29)25-18-4-3-14(22)11-17(18)23/h3-4,11,15H,2,5-10,12-13H2,1H3,(H2,24,25,29). The summed E-state index contributed by atoms with van der Waals surface area (Å²) >= 11 is 5.74. The fourth-order valence-corrected chi connectivity index (χ4v) is 4.31. The lowest BCUT2D eigenvalue weighted by Crippen LogP contribution is -2.45. The number of nitrogens with zero attached hydrogens (tertiary/aromatic N) is 3. The number of likely N-dealkylation sites (tertiary alicyclic amines) is 1. The molecule has 162 valence electrons. The van der Waals surface area contributed by atoms with Crippen LogP contribution in [0.5, 0.6) is 0 Å². The lowest BCUT2D eigenvalue weighted by Gasteiger charge is -2.32. The maximum atomic E-state index is 13.8. The molecular formula is C21H27ClFN5O2. The van der Waals surface area contributed by atoms with Gasteiger partial charge >= 0.3 is 6.03 Å². The van der Waals surface area contributed by atoms with E-state index < -0.39 is 11.8 Å². The van der Waals surface area contributed by atoms with Gasteiger partial charge in [0.25, 0.3) is 0 Å². The number of piperidine rings is 1. The molecule has 0 aliphatic carbocycles. The molecule has 0 bridgehead atoms. The van der Waals surface area contributed by atoms with Crippen LogP contribution in [0.3, 0.4) is 0 Å². The number of aromatic nitrogens is 2. The van der Waals surface area contributed by atoms with Crippen LogP contribution < -0.4 is 10.6 Å². The monoisotopic (exact) mass is 435 g/mol. The van der Waals surface area contributed by atoms with E-state index in [0.717, 1.165) is 57.7 Å². The van der Waals surface area contributed by atoms with Crippen molar-refractivity contribution in [2.75, 3.05) is 25.0 Å². The van der Waals surface area contributed by atoms with Crippen LogP contribution in [-0.2, 0) is 30.9 Å². The molecule has 2 aromatic rings. The van der Waals surface area contributed by atoms with Crippen LogP contribution in [0.4, 0.5) is 14.9 Å². The maximum absolute atomic E-state index is 13.8. The number of rotatable bonds is 5. The van der Waals surface area contributed by atoms with Crippen LogP contribution >= 0.6 is 11.6 Å². The Balaban J connectivity index is 1.28. The summed E-state index contributed by atoms with van der Waals surface area (Å²) in [6, 6.07) is 3.84. The first kappa shape index (κ1) is 21.1. The van der Waals surface area contributed by atoms with Gasteiger partial charge in [-0.2, -0.15) is 5.10 Å². The molecule has 7 nitrogen and oxygen atoms in total. The van der Waals surface area contributed by atoms with Gasteiger partial charge in [-0.05, 0) is 38.0 Å². The Labute approximate surface area is 180 Å². The van der Waals surface area contributed by atoms with Crippen LogP contribution in [0.1, 0.15) is 36.7 Å². The number of urea groups is 1. The molecule has 1 aromatic heterocycles. The van der Waals surface area contributed by atoms with Gasteiger partial charge < -0.3 is 15.4 Å². The van der Waals surface area contributed by atoms with Crippen molar-refractivity contribution >= 4 is 23.3 Å². The number of carbonyl (C=O) groups is 1. The number of nitrogens with one attached hydrogen (secondary N) is 2. The number of carbonyl (C=O) groups excluding carboxylic acids is 1. The quantitative estimate of drug-likeness (QED) is 0.753. The highest BCUT2D eigenvalue weighted by atomic mass is 35.5. The minimum absolute atomic E-state index is 0.0575. The predicted molar refractivity (Wildman–Crippen MR) is 113 cm³/mol. The zero-order valence-corrected chi connectivity index (χ0v) is 17.8. The summed E-state index contributed by atoms with van der Waals surface area (Å²) in [7, 11) is 0. The first-order chi connectivity index (χ1) is 14.5. The van der Waals surface area contributed by atoms with Crippen LogP contribution in [-0.4, -0.2) is 46.4 Å². The lowest BCUT2D eigenvalue weighted by atomic mass is 10.0. The minimum Gasteiger partial charge on any atom is -0.376 e. The van der Waals surface area contributed by atoms with Crippen molar-refractivity contribution in [3.63, 3.8) is 0 Å². The number of halogens is 2. The first-order valence-electron chi connectivity index (χ1n) is 10.4. The molecule has 2 aliphatic rings. The van der Waals surface area contributed by atoms with Gasteiger partial charge in [0.05, 0.1) is 24.6 Å². The number of fused-ring (bicyclic) bond motifs is 1. The minimum atomic E-state index is -0.550. The van der Waals surface area contributed by atoms with Gasteiger partial charge in [0.2, 0.25) is 0 Å². The molecule has 9 heteroatoms. The largest absolute Gasteiger partial charge is 0.376 e. The van der Waals surface area contributed by atoms with Crippen LogP contribution in [0.2, 0.25) is 5.02 Å². The molecule has 0 atom stereocenters. The van der Waals surface area contributed by atoms with E-state index in [0.29, 0.717) is 11.6 Å². The van der Waals surface area contributed by atoms with Crippen LogP contribution in [0.25, 0.3) is 0 Å². The van der Waals surface area contributed by atoms with Gasteiger partial charge in [0.15, 0.2) is 0 Å². The van der Waals surface area contributed by atoms with E-state index >= 15 is 0 Å². The first-order valence-corrected chi connectivity index (χ1v) is 10.8. The van der Waals surface area contributed by atoms with Gasteiger partial charge in [0.1, 0.15) is 5.82 Å². The third-order valence-electron chi connectivity index (χ3n) is 5.75. The molecule has 0 radical (unpaired) electrons. The molecule has 1 fully saturated rings. The Kier molecular flexibility index (Phi) is 6.55. The van der Waals surface area contributed by atoms with Crippen LogP contribution in [0.15, 0.2) is 18.2 Å². The highest BCUT2D eigenvalue weighted by Gasteiger charge is 2.25. The Morgan fingerprint density at radius 2 is 2.17 bits per heavy atom. The van der Waals surface area contributed by atoms with E-state index in [2.05, 4.69) is 27.1 Å². The van der Waals surface area contributed by atoms with Crippen molar-refractivity contribution in [3.05, 3.63) is 46.0 Å². The van der Waals surface area contributed by atoms with Crippen molar-refractivity contribution in [1.29, 1.82) is 0 Å². The van der Waals surface area contributed by atoms with Gasteiger partial charge in [-0.1, -0.05) is 11.6 Å². The average molecular weight is 436 g/mol. The molecule has 1 saturated heterocycles.